The molecular formula is C56H35NO2. The minimum atomic E-state index is 0.880. The average Bonchev–Trinajstić information content (AvgIpc) is 3.88. The van der Waals surface area contributed by atoms with Crippen LogP contribution in [0.15, 0.2) is 221 Å². The summed E-state index contributed by atoms with van der Waals surface area (Å²) in [5, 5.41) is 9.11. The van der Waals surface area contributed by atoms with Gasteiger partial charge < -0.3 is 13.7 Å². The van der Waals surface area contributed by atoms with Crippen LogP contribution in [0.3, 0.4) is 0 Å². The SMILES string of the molecule is c1ccc(N(c2ccccc2)c2c3ccccc3c(-c3cc(-c4cccc5c4oc4ccccc45)cc(-c4cccc5c4oc4ccccc45)c3)c3ccccc23)cc1. The molecule has 0 N–H and O–H groups in total. The molecule has 0 saturated heterocycles. The van der Waals surface area contributed by atoms with Crippen molar-refractivity contribution in [2.24, 2.45) is 0 Å². The third kappa shape index (κ3) is 5.29. The Kier molecular flexibility index (Phi) is 7.54. The van der Waals surface area contributed by atoms with Crippen molar-refractivity contribution in [3.63, 3.8) is 0 Å². The number of fused-ring (bicyclic) bond motifs is 8. The van der Waals surface area contributed by atoms with Crippen molar-refractivity contribution < 1.29 is 8.83 Å². The van der Waals surface area contributed by atoms with Crippen molar-refractivity contribution in [1.82, 2.24) is 0 Å². The summed E-state index contributed by atoms with van der Waals surface area (Å²) in [6.45, 7) is 0. The largest absolute Gasteiger partial charge is 0.455 e. The van der Waals surface area contributed by atoms with Crippen LogP contribution >= 0.6 is 0 Å². The molecule has 0 fully saturated rings. The maximum Gasteiger partial charge on any atom is 0.143 e. The number of para-hydroxylation sites is 6. The van der Waals surface area contributed by atoms with E-state index < -0.39 is 0 Å². The van der Waals surface area contributed by atoms with E-state index in [2.05, 4.69) is 205 Å². The first-order valence-corrected chi connectivity index (χ1v) is 20.1. The molecule has 0 aliphatic heterocycles. The first-order valence-electron chi connectivity index (χ1n) is 20.1. The highest BCUT2D eigenvalue weighted by Crippen LogP contribution is 2.50. The Morgan fingerprint density at radius 2 is 0.661 bits per heavy atom. The molecule has 2 heterocycles. The van der Waals surface area contributed by atoms with Gasteiger partial charge in [0.1, 0.15) is 22.3 Å². The minimum Gasteiger partial charge on any atom is -0.455 e. The Balaban J connectivity index is 1.19. The average molecular weight is 754 g/mol. The predicted octanol–water partition coefficient (Wildman–Crippen LogP) is 16.3. The number of rotatable bonds is 6. The second-order valence-electron chi connectivity index (χ2n) is 15.2. The summed E-state index contributed by atoms with van der Waals surface area (Å²) >= 11 is 0. The van der Waals surface area contributed by atoms with Crippen LogP contribution in [-0.4, -0.2) is 0 Å². The number of benzene rings is 10. The monoisotopic (exact) mass is 753 g/mol. The van der Waals surface area contributed by atoms with E-state index in [1.165, 1.54) is 27.1 Å². The van der Waals surface area contributed by atoms with E-state index in [0.29, 0.717) is 0 Å². The van der Waals surface area contributed by atoms with Gasteiger partial charge in [-0.3, -0.25) is 0 Å². The van der Waals surface area contributed by atoms with Gasteiger partial charge in [0, 0.05) is 54.8 Å². The van der Waals surface area contributed by atoms with Crippen molar-refractivity contribution in [1.29, 1.82) is 0 Å². The molecule has 0 atom stereocenters. The number of nitrogens with zero attached hydrogens (tertiary/aromatic N) is 1. The van der Waals surface area contributed by atoms with Crippen LogP contribution in [0.4, 0.5) is 17.1 Å². The van der Waals surface area contributed by atoms with Crippen molar-refractivity contribution in [3.05, 3.63) is 212 Å². The first kappa shape index (κ1) is 33.3. The summed E-state index contributed by atoms with van der Waals surface area (Å²) in [6, 6.07) is 75.7. The van der Waals surface area contributed by atoms with Crippen LogP contribution in [0.5, 0.6) is 0 Å². The fourth-order valence-corrected chi connectivity index (χ4v) is 9.25. The quantitative estimate of drug-likeness (QED) is 0.158. The maximum atomic E-state index is 6.68. The van der Waals surface area contributed by atoms with E-state index in [4.69, 9.17) is 8.83 Å². The molecule has 0 aliphatic carbocycles. The van der Waals surface area contributed by atoms with Crippen molar-refractivity contribution in [3.8, 4) is 33.4 Å². The Labute approximate surface area is 340 Å². The highest BCUT2D eigenvalue weighted by atomic mass is 16.3. The molecule has 0 aliphatic rings. The molecule has 0 unspecified atom stereocenters. The van der Waals surface area contributed by atoms with Gasteiger partial charge in [0.05, 0.1) is 5.69 Å². The van der Waals surface area contributed by atoms with Crippen LogP contribution < -0.4 is 4.90 Å². The van der Waals surface area contributed by atoms with Crippen molar-refractivity contribution >= 4 is 82.5 Å². The number of hydrogen-bond acceptors (Lipinski definition) is 3. The Morgan fingerprint density at radius 1 is 0.288 bits per heavy atom. The molecule has 0 bridgehead atoms. The molecular weight excluding hydrogens is 719 g/mol. The molecule has 12 aromatic rings. The van der Waals surface area contributed by atoms with Crippen LogP contribution in [0, 0.1) is 0 Å². The standard InChI is InChI=1S/C56H35NO2/c1-3-17-39(18-4-1)57(40-19-5-2-6-20-40)54-47-25-9-7-23-45(47)53(46-24-8-10-26-48(46)54)38-34-36(41-27-15-29-49-43-21-11-13-31-51(43)58-55(41)49)33-37(35-38)42-28-16-30-50-44-22-12-14-32-52(44)59-56(42)50/h1-35H. The predicted molar refractivity (Wildman–Crippen MR) is 247 cm³/mol. The van der Waals surface area contributed by atoms with Crippen LogP contribution in [-0.2, 0) is 0 Å². The number of hydrogen-bond donors (Lipinski definition) is 0. The third-order valence-corrected chi connectivity index (χ3v) is 11.8. The molecule has 10 aromatic carbocycles. The molecule has 0 saturated carbocycles. The van der Waals surface area contributed by atoms with E-state index >= 15 is 0 Å². The third-order valence-electron chi connectivity index (χ3n) is 11.8. The maximum absolute atomic E-state index is 6.68. The normalized spacial score (nSPS) is 11.7. The highest BCUT2D eigenvalue weighted by molar-refractivity contribution is 6.23. The second-order valence-corrected chi connectivity index (χ2v) is 15.2. The highest BCUT2D eigenvalue weighted by Gasteiger charge is 2.24. The van der Waals surface area contributed by atoms with Crippen molar-refractivity contribution in [2.75, 3.05) is 4.90 Å². The van der Waals surface area contributed by atoms with Crippen molar-refractivity contribution in [2.45, 2.75) is 0 Å². The Morgan fingerprint density at radius 3 is 1.14 bits per heavy atom. The van der Waals surface area contributed by atoms with E-state index in [0.717, 1.165) is 88.8 Å². The van der Waals surface area contributed by atoms with Gasteiger partial charge in [0.25, 0.3) is 0 Å². The lowest BCUT2D eigenvalue weighted by Crippen LogP contribution is -2.11. The van der Waals surface area contributed by atoms with Gasteiger partial charge >= 0.3 is 0 Å². The lowest BCUT2D eigenvalue weighted by Gasteiger charge is -2.29. The zero-order valence-corrected chi connectivity index (χ0v) is 32.0. The molecule has 276 valence electrons. The van der Waals surface area contributed by atoms with Crippen LogP contribution in [0.25, 0.3) is 98.8 Å². The Hall–Kier alpha value is -7.88. The molecule has 3 heteroatoms. The van der Waals surface area contributed by atoms with Crippen LogP contribution in [0.1, 0.15) is 0 Å². The molecule has 12 rings (SSSR count). The van der Waals surface area contributed by atoms with E-state index in [1.807, 2.05) is 12.1 Å². The zero-order valence-electron chi connectivity index (χ0n) is 32.0. The molecule has 3 nitrogen and oxygen atoms in total. The number of furan rings is 2. The number of anilines is 3. The van der Waals surface area contributed by atoms with Gasteiger partial charge in [-0.1, -0.05) is 158 Å². The van der Waals surface area contributed by atoms with Gasteiger partial charge in [-0.25, -0.2) is 0 Å². The van der Waals surface area contributed by atoms with E-state index in [1.54, 1.807) is 0 Å². The first-order chi connectivity index (χ1) is 29.3. The lowest BCUT2D eigenvalue weighted by molar-refractivity contribution is 0.670. The summed E-state index contributed by atoms with van der Waals surface area (Å²) in [5.41, 5.74) is 13.4. The molecule has 0 spiro atoms. The summed E-state index contributed by atoms with van der Waals surface area (Å²) in [5.74, 6) is 0. The van der Waals surface area contributed by atoms with E-state index in [9.17, 15) is 0 Å². The summed E-state index contributed by atoms with van der Waals surface area (Å²) < 4.78 is 13.4. The molecule has 59 heavy (non-hydrogen) atoms. The second kappa shape index (κ2) is 13.4. The van der Waals surface area contributed by atoms with E-state index in [-0.39, 0.29) is 0 Å². The smallest absolute Gasteiger partial charge is 0.143 e. The minimum absolute atomic E-state index is 0.880. The summed E-state index contributed by atoms with van der Waals surface area (Å²) in [4.78, 5) is 2.40. The van der Waals surface area contributed by atoms with Crippen LogP contribution in [0.2, 0.25) is 0 Å². The van der Waals surface area contributed by atoms with Gasteiger partial charge in [-0.05, 0) is 87.6 Å². The van der Waals surface area contributed by atoms with Gasteiger partial charge in [-0.2, -0.15) is 0 Å². The van der Waals surface area contributed by atoms with Gasteiger partial charge in [-0.15, -0.1) is 0 Å². The lowest BCUT2D eigenvalue weighted by atomic mass is 9.86. The fourth-order valence-electron chi connectivity index (χ4n) is 9.25. The van der Waals surface area contributed by atoms with Gasteiger partial charge in [0.15, 0.2) is 0 Å². The topological polar surface area (TPSA) is 29.5 Å². The Bertz CT molecular complexity index is 3330. The summed E-state index contributed by atoms with van der Waals surface area (Å²) in [7, 11) is 0. The summed E-state index contributed by atoms with van der Waals surface area (Å²) in [6.07, 6.45) is 0. The fraction of sp³-hybridized carbons (Fsp3) is 0. The molecule has 0 radical (unpaired) electrons. The zero-order chi connectivity index (χ0) is 38.9. The van der Waals surface area contributed by atoms with Gasteiger partial charge in [0.2, 0.25) is 0 Å². The molecule has 2 aromatic heterocycles. The molecule has 0 amide bonds.